The first-order chi connectivity index (χ1) is 25.3. The summed E-state index contributed by atoms with van der Waals surface area (Å²) in [5.41, 5.74) is 11.4. The highest BCUT2D eigenvalue weighted by Crippen LogP contribution is 2.43. The van der Waals surface area contributed by atoms with Gasteiger partial charge in [0.1, 0.15) is 5.52 Å². The van der Waals surface area contributed by atoms with Gasteiger partial charge in [-0.3, -0.25) is 0 Å². The molecular formula is C47H31N3O. The van der Waals surface area contributed by atoms with E-state index in [0.717, 1.165) is 50.5 Å². The first-order valence-electron chi connectivity index (χ1n) is 17.2. The minimum absolute atomic E-state index is 0.613. The van der Waals surface area contributed by atoms with Crippen LogP contribution in [0.3, 0.4) is 0 Å². The Labute approximate surface area is 295 Å². The van der Waals surface area contributed by atoms with E-state index >= 15 is 0 Å². The molecule has 10 aromatic rings. The van der Waals surface area contributed by atoms with E-state index in [9.17, 15) is 0 Å². The molecule has 0 N–H and O–H groups in total. The fraction of sp³-hybridized carbons (Fsp3) is 0. The van der Waals surface area contributed by atoms with E-state index in [1.54, 1.807) is 0 Å². The Kier molecular flexibility index (Phi) is 6.78. The molecule has 0 unspecified atom stereocenters. The van der Waals surface area contributed by atoms with Crippen molar-refractivity contribution in [2.24, 2.45) is 0 Å². The molecule has 8 aromatic carbocycles. The van der Waals surface area contributed by atoms with Gasteiger partial charge in [-0.2, -0.15) is 0 Å². The van der Waals surface area contributed by atoms with Gasteiger partial charge in [-0.15, -0.1) is 0 Å². The van der Waals surface area contributed by atoms with Crippen LogP contribution in [-0.2, 0) is 0 Å². The Morgan fingerprint density at radius 3 is 1.92 bits per heavy atom. The van der Waals surface area contributed by atoms with Crippen molar-refractivity contribution in [2.75, 3.05) is 4.90 Å². The van der Waals surface area contributed by atoms with Crippen LogP contribution in [0, 0.1) is 0 Å². The zero-order valence-corrected chi connectivity index (χ0v) is 27.6. The lowest BCUT2D eigenvalue weighted by atomic mass is 10.0. The standard InChI is InChI=1S/C47H31N3O/c1-4-13-32(14-5-1)35-18-12-21-37(29-35)49(39-24-26-42-45(31-39)51-47(48-42)34-16-6-2-7-17-34)38-25-28-43-41(30-38)46-40-22-11-10-15-33(40)23-27-44(46)50(43)36-19-8-3-9-20-36/h1-31H. The third-order valence-electron chi connectivity index (χ3n) is 9.77. The average Bonchev–Trinajstić information content (AvgIpc) is 3.78. The molecule has 10 rings (SSSR count). The van der Waals surface area contributed by atoms with Crippen LogP contribution in [0.2, 0.25) is 0 Å². The zero-order chi connectivity index (χ0) is 33.7. The number of anilines is 3. The Balaban J connectivity index is 1.22. The summed E-state index contributed by atoms with van der Waals surface area (Å²) >= 11 is 0. The van der Waals surface area contributed by atoms with Gasteiger partial charge in [0.05, 0.1) is 11.0 Å². The van der Waals surface area contributed by atoms with E-state index in [4.69, 9.17) is 9.40 Å². The molecule has 0 radical (unpaired) electrons. The number of oxazole rings is 1. The molecule has 2 aromatic heterocycles. The van der Waals surface area contributed by atoms with Crippen LogP contribution in [0.15, 0.2) is 192 Å². The van der Waals surface area contributed by atoms with Crippen LogP contribution in [0.4, 0.5) is 17.1 Å². The van der Waals surface area contributed by atoms with Crippen LogP contribution in [0.1, 0.15) is 0 Å². The second-order valence-corrected chi connectivity index (χ2v) is 12.8. The minimum atomic E-state index is 0.613. The van der Waals surface area contributed by atoms with Crippen molar-refractivity contribution < 1.29 is 4.42 Å². The summed E-state index contributed by atoms with van der Waals surface area (Å²) in [6.07, 6.45) is 0. The molecule has 0 bridgehead atoms. The maximum absolute atomic E-state index is 6.40. The maximum Gasteiger partial charge on any atom is 0.227 e. The van der Waals surface area contributed by atoms with Gasteiger partial charge in [-0.1, -0.05) is 109 Å². The molecule has 0 atom stereocenters. The molecule has 0 aliphatic heterocycles. The highest BCUT2D eigenvalue weighted by atomic mass is 16.3. The minimum Gasteiger partial charge on any atom is -0.436 e. The lowest BCUT2D eigenvalue weighted by Crippen LogP contribution is -2.10. The number of hydrogen-bond donors (Lipinski definition) is 0. The predicted molar refractivity (Wildman–Crippen MR) is 211 cm³/mol. The maximum atomic E-state index is 6.40. The Hall–Kier alpha value is -6.91. The van der Waals surface area contributed by atoms with Gasteiger partial charge in [0, 0.05) is 45.2 Å². The highest BCUT2D eigenvalue weighted by molar-refractivity contribution is 6.22. The van der Waals surface area contributed by atoms with Gasteiger partial charge in [-0.25, -0.2) is 4.98 Å². The van der Waals surface area contributed by atoms with Crippen molar-refractivity contribution >= 4 is 60.7 Å². The molecule has 0 spiro atoms. The molecule has 0 fully saturated rings. The summed E-state index contributed by atoms with van der Waals surface area (Å²) in [7, 11) is 0. The number of rotatable bonds is 6. The number of fused-ring (bicyclic) bond motifs is 6. The first-order valence-corrected chi connectivity index (χ1v) is 17.2. The summed E-state index contributed by atoms with van der Waals surface area (Å²) in [5.74, 6) is 0.613. The van der Waals surface area contributed by atoms with Gasteiger partial charge in [0.25, 0.3) is 0 Å². The van der Waals surface area contributed by atoms with E-state index in [2.05, 4.69) is 167 Å². The van der Waals surface area contributed by atoms with Crippen LogP contribution in [-0.4, -0.2) is 9.55 Å². The van der Waals surface area contributed by atoms with Crippen molar-refractivity contribution in [3.63, 3.8) is 0 Å². The summed E-state index contributed by atoms with van der Waals surface area (Å²) in [6.45, 7) is 0. The second-order valence-electron chi connectivity index (χ2n) is 12.8. The number of benzene rings is 8. The summed E-state index contributed by atoms with van der Waals surface area (Å²) in [6, 6.07) is 66.3. The summed E-state index contributed by atoms with van der Waals surface area (Å²) < 4.78 is 8.78. The monoisotopic (exact) mass is 653 g/mol. The van der Waals surface area contributed by atoms with Crippen LogP contribution in [0.25, 0.3) is 71.9 Å². The van der Waals surface area contributed by atoms with Gasteiger partial charge in [0.2, 0.25) is 5.89 Å². The molecule has 4 nitrogen and oxygen atoms in total. The lowest BCUT2D eigenvalue weighted by molar-refractivity contribution is 0.620. The number of hydrogen-bond acceptors (Lipinski definition) is 3. The number of para-hydroxylation sites is 1. The number of aromatic nitrogens is 2. The molecule has 0 saturated heterocycles. The van der Waals surface area contributed by atoms with Gasteiger partial charge >= 0.3 is 0 Å². The Morgan fingerprint density at radius 1 is 0.451 bits per heavy atom. The van der Waals surface area contributed by atoms with Crippen molar-refractivity contribution in [3.8, 4) is 28.3 Å². The van der Waals surface area contributed by atoms with E-state index < -0.39 is 0 Å². The molecule has 0 saturated carbocycles. The fourth-order valence-electron chi connectivity index (χ4n) is 7.43. The summed E-state index contributed by atoms with van der Waals surface area (Å²) in [5, 5.41) is 4.89. The molecule has 0 amide bonds. The highest BCUT2D eigenvalue weighted by Gasteiger charge is 2.20. The molecule has 2 heterocycles. The zero-order valence-electron chi connectivity index (χ0n) is 27.6. The number of nitrogens with zero attached hydrogens (tertiary/aromatic N) is 3. The van der Waals surface area contributed by atoms with Crippen molar-refractivity contribution in [3.05, 3.63) is 188 Å². The largest absolute Gasteiger partial charge is 0.436 e. The third-order valence-corrected chi connectivity index (χ3v) is 9.77. The van der Waals surface area contributed by atoms with Gasteiger partial charge in [0.15, 0.2) is 5.58 Å². The predicted octanol–water partition coefficient (Wildman–Crippen LogP) is 12.9. The van der Waals surface area contributed by atoms with Crippen LogP contribution in [0.5, 0.6) is 0 Å². The lowest BCUT2D eigenvalue weighted by Gasteiger charge is -2.26. The normalized spacial score (nSPS) is 11.5. The molecule has 240 valence electrons. The third kappa shape index (κ3) is 4.96. The fourth-order valence-corrected chi connectivity index (χ4v) is 7.43. The average molecular weight is 654 g/mol. The molecular weight excluding hydrogens is 623 g/mol. The SMILES string of the molecule is c1ccc(-c2cccc(N(c3ccc4nc(-c5ccccc5)oc4c3)c3ccc4c(c3)c3c5ccccc5ccc3n4-c3ccccc3)c2)cc1. The smallest absolute Gasteiger partial charge is 0.227 e. The Bertz CT molecular complexity index is 2850. The van der Waals surface area contributed by atoms with E-state index in [-0.39, 0.29) is 0 Å². The van der Waals surface area contributed by atoms with Crippen LogP contribution < -0.4 is 4.90 Å². The Morgan fingerprint density at radius 2 is 1.10 bits per heavy atom. The second kappa shape index (κ2) is 11.9. The van der Waals surface area contributed by atoms with Crippen LogP contribution >= 0.6 is 0 Å². The van der Waals surface area contributed by atoms with Gasteiger partial charge in [-0.05, 0) is 94.7 Å². The van der Waals surface area contributed by atoms with E-state index in [1.165, 1.54) is 32.6 Å². The van der Waals surface area contributed by atoms with Gasteiger partial charge < -0.3 is 13.9 Å². The quantitative estimate of drug-likeness (QED) is 0.179. The molecule has 0 aliphatic carbocycles. The van der Waals surface area contributed by atoms with Crippen molar-refractivity contribution in [1.82, 2.24) is 9.55 Å². The van der Waals surface area contributed by atoms with Crippen molar-refractivity contribution in [2.45, 2.75) is 0 Å². The molecule has 0 aliphatic rings. The van der Waals surface area contributed by atoms with Crippen molar-refractivity contribution in [1.29, 1.82) is 0 Å². The first kappa shape index (κ1) is 29.0. The van der Waals surface area contributed by atoms with E-state index in [1.807, 2.05) is 30.3 Å². The van der Waals surface area contributed by atoms with E-state index in [0.29, 0.717) is 5.89 Å². The molecule has 51 heavy (non-hydrogen) atoms. The molecule has 4 heteroatoms. The summed E-state index contributed by atoms with van der Waals surface area (Å²) in [4.78, 5) is 7.16. The topological polar surface area (TPSA) is 34.2 Å².